The summed E-state index contributed by atoms with van der Waals surface area (Å²) in [7, 11) is 0. The van der Waals surface area contributed by atoms with Crippen LogP contribution in [0.4, 0.5) is 0 Å². The predicted octanol–water partition coefficient (Wildman–Crippen LogP) is 25.5. The van der Waals surface area contributed by atoms with Crippen LogP contribution in [-0.2, 0) is 106 Å². The van der Waals surface area contributed by atoms with E-state index in [1.165, 1.54) is 143 Å². The number of carbonyl (C=O) groups is 4. The molecule has 6 heterocycles. The molecule has 16 rings (SSSR count). The van der Waals surface area contributed by atoms with Crippen molar-refractivity contribution in [2.24, 2.45) is 11.8 Å². The van der Waals surface area contributed by atoms with Crippen LogP contribution in [0.15, 0.2) is 308 Å². The second kappa shape index (κ2) is 52.3. The van der Waals surface area contributed by atoms with Gasteiger partial charge in [0.05, 0.1) is 56.1 Å². The van der Waals surface area contributed by atoms with Gasteiger partial charge in [-0.05, 0) is 160 Å². The van der Waals surface area contributed by atoms with Crippen molar-refractivity contribution in [1.29, 1.82) is 0 Å². The van der Waals surface area contributed by atoms with Crippen LogP contribution in [0.25, 0.3) is 111 Å². The van der Waals surface area contributed by atoms with Gasteiger partial charge in [-0.15, -0.1) is 142 Å². The number of aliphatic hydroxyl groups is 4. The summed E-state index contributed by atoms with van der Waals surface area (Å²) in [4.78, 5) is 59.9. The van der Waals surface area contributed by atoms with Crippen molar-refractivity contribution < 1.29 is 125 Å². The Labute approximate surface area is 784 Å². The number of pyridine rings is 5. The Morgan fingerprint density at radius 1 is 0.371 bits per heavy atom. The second-order valence-corrected chi connectivity index (χ2v) is 30.1. The number of para-hydroxylation sites is 2. The molecule has 0 spiro atoms. The topological polar surface area (TPSA) is 205 Å². The molecule has 0 atom stereocenters. The molecule has 646 valence electrons. The quantitative estimate of drug-likeness (QED) is 0.0437. The van der Waals surface area contributed by atoms with Crippen LogP contribution in [0.1, 0.15) is 114 Å². The summed E-state index contributed by atoms with van der Waals surface area (Å²) in [6.07, 6.45) is 7.01. The van der Waals surface area contributed by atoms with Crippen molar-refractivity contribution in [2.75, 3.05) is 0 Å². The first-order chi connectivity index (χ1) is 57.3. The molecule has 124 heavy (non-hydrogen) atoms. The van der Waals surface area contributed by atoms with E-state index in [1.54, 1.807) is 0 Å². The average Bonchev–Trinajstić information content (AvgIpc) is 1.60. The Balaban J connectivity index is 0.000000298. The summed E-state index contributed by atoms with van der Waals surface area (Å²) in [6.45, 7) is 31.5. The number of aryl methyl sites for hydroxylation is 7. The molecule has 13 nitrogen and oxygen atoms in total. The Morgan fingerprint density at radius 3 is 1.22 bits per heavy atom. The zero-order valence-corrected chi connectivity index (χ0v) is 82.6. The van der Waals surface area contributed by atoms with E-state index in [2.05, 4.69) is 252 Å². The van der Waals surface area contributed by atoms with Gasteiger partial charge in [-0.2, -0.15) is 4.57 Å². The fraction of sp³-hybridized carbons (Fsp3) is 0.187. The van der Waals surface area contributed by atoms with Crippen molar-refractivity contribution in [3.05, 3.63) is 377 Å². The number of aromatic nitrogens is 5. The van der Waals surface area contributed by atoms with Gasteiger partial charge in [-0.25, -0.2) is 0 Å². The maximum absolute atomic E-state index is 11.0. The maximum Gasteiger partial charge on any atom is 0.221 e. The van der Waals surface area contributed by atoms with Crippen molar-refractivity contribution in [3.8, 4) is 56.3 Å². The van der Waals surface area contributed by atoms with E-state index in [4.69, 9.17) is 30.3 Å². The zero-order valence-electron chi connectivity index (χ0n) is 73.0. The number of hydrogen-bond donors (Lipinski definition) is 4. The monoisotopic (exact) mass is 2360 g/mol. The molecule has 0 saturated heterocycles. The molecule has 4 radical (unpaired) electrons. The number of fused-ring (bicyclic) bond motifs is 9. The molecular formula is C107H106Ir4N5O8-3. The van der Waals surface area contributed by atoms with Crippen LogP contribution >= 0.6 is 0 Å². The third kappa shape index (κ3) is 33.7. The van der Waals surface area contributed by atoms with Gasteiger partial charge in [0.2, 0.25) is 5.69 Å². The summed E-state index contributed by atoms with van der Waals surface area (Å²) < 4.78 is 2.34. The summed E-state index contributed by atoms with van der Waals surface area (Å²) in [5.74, 6) is -0.0269. The molecular weight excluding hydrogens is 2250 g/mol. The standard InChI is InChI=1S/C18H16N.C17H14N.3C16H12N.C9H16O2.3C5H8O2.4Ir/c1-12-4-5-15-6-7-17(19-18(15)11-12)16-9-13(2)8-14(3)10-16;1-12-9-13(2)11-15(10-12)17-8-7-14-5-3-4-6-16(14)18-17;1-3-7-14-12(5-1)9-10-17-11-13-6-2-4-8-15(13)16(14)17;1-12-11-14-9-5-6-10-15(14)17-16(12)13-7-3-2-4-8-13;1-12-7-8-14-9-10-15(17-16(14)11-12)13-5-3-2-4-6-13;1-6(2)8(10)5-9(11)7(3)4;3*1-4(6)3-5(2)7;;;;/h4-9,11H,1-3H3;3-10H,1-2H3;1-10H,11H2;2-7,9-11H,1H3;2-5,7-11H,1H3;5-7,10H,1-4H3;3*3,6H,1-2H3;;;;/q2*-1;+1;2*-1;;;;;;;;. The van der Waals surface area contributed by atoms with E-state index in [9.17, 15) is 24.3 Å². The van der Waals surface area contributed by atoms with E-state index in [0.29, 0.717) is 0 Å². The van der Waals surface area contributed by atoms with Gasteiger partial charge in [0, 0.05) is 128 Å². The average molecular weight is 2360 g/mol. The Bertz CT molecular complexity index is 6100. The normalized spacial score (nSPS) is 10.9. The molecule has 4 N–H and O–H groups in total. The second-order valence-electron chi connectivity index (χ2n) is 30.1. The number of nitrogens with zero attached hydrogens (tertiary/aromatic N) is 5. The molecule has 15 aromatic rings. The van der Waals surface area contributed by atoms with Gasteiger partial charge in [0.25, 0.3) is 0 Å². The smallest absolute Gasteiger partial charge is 0.221 e. The molecule has 17 heteroatoms. The van der Waals surface area contributed by atoms with Crippen LogP contribution in [0.3, 0.4) is 0 Å². The van der Waals surface area contributed by atoms with Gasteiger partial charge >= 0.3 is 0 Å². The first-order valence-electron chi connectivity index (χ1n) is 39.8. The fourth-order valence-electron chi connectivity index (χ4n) is 12.7. The summed E-state index contributed by atoms with van der Waals surface area (Å²) in [5, 5.41) is 41.6. The van der Waals surface area contributed by atoms with Gasteiger partial charge in [0.1, 0.15) is 0 Å². The largest absolute Gasteiger partial charge is 0.512 e. The maximum atomic E-state index is 11.0. The number of rotatable bonds is 10. The minimum absolute atomic E-state index is 0. The number of carbonyl (C=O) groups excluding carboxylic acids is 4. The SMILES string of the molecule is CC(=O)C=C(C)O.CC(=O)C=C(C)O.CC(=O)C=C(C)O.CC(C)C(=O)C=C(O)C(C)C.Cc1[c-]c(-c2ccc3ccc(C)cc3n2)cc(C)c1.Cc1[c-]c(-c2ccc3ccccc3n2)cc(C)c1.Cc1cc2ccccc2nc1-c1[c-]cccc1.Cc1ccc2ccc(-c3[c-]cccc3)nc2c1.[Ir].[Ir].[Ir].[Ir].c1ccc2c(c1)C[n+]1ccc3ccccc3c1-2. The molecule has 0 amide bonds. The van der Waals surface area contributed by atoms with Crippen LogP contribution in [-0.4, -0.2) is 63.5 Å². The molecule has 0 bridgehead atoms. The van der Waals surface area contributed by atoms with E-state index < -0.39 is 0 Å². The Kier molecular flexibility index (Phi) is 44.3. The van der Waals surface area contributed by atoms with Crippen LogP contribution in [0.5, 0.6) is 0 Å². The number of benzene rings is 10. The summed E-state index contributed by atoms with van der Waals surface area (Å²) in [5.41, 5.74) is 25.0. The van der Waals surface area contributed by atoms with Crippen LogP contribution < -0.4 is 4.57 Å². The molecule has 0 saturated carbocycles. The minimum Gasteiger partial charge on any atom is -0.512 e. The molecule has 1 aliphatic heterocycles. The van der Waals surface area contributed by atoms with Gasteiger partial charge < -0.3 is 20.4 Å². The van der Waals surface area contributed by atoms with Crippen molar-refractivity contribution in [3.63, 3.8) is 0 Å². The zero-order chi connectivity index (χ0) is 87.1. The van der Waals surface area contributed by atoms with Crippen LogP contribution in [0, 0.1) is 84.6 Å². The minimum atomic E-state index is -0.125. The van der Waals surface area contributed by atoms with Crippen molar-refractivity contribution in [1.82, 2.24) is 19.9 Å². The Morgan fingerprint density at radius 2 is 0.774 bits per heavy atom. The number of ketones is 4. The number of allylic oxidation sites excluding steroid dienone is 8. The first kappa shape index (κ1) is 105. The van der Waals surface area contributed by atoms with Gasteiger partial charge in [-0.1, -0.05) is 200 Å². The van der Waals surface area contributed by atoms with E-state index in [1.807, 2.05) is 119 Å². The van der Waals surface area contributed by atoms with E-state index in [0.717, 1.165) is 84.8 Å². The molecule has 0 aliphatic carbocycles. The van der Waals surface area contributed by atoms with E-state index in [-0.39, 0.29) is 138 Å². The predicted molar refractivity (Wildman–Crippen MR) is 492 cm³/mol. The molecule has 0 unspecified atom stereocenters. The summed E-state index contributed by atoms with van der Waals surface area (Å²) >= 11 is 0. The van der Waals surface area contributed by atoms with Crippen molar-refractivity contribution >= 4 is 77.5 Å². The first-order valence-corrected chi connectivity index (χ1v) is 39.8. The van der Waals surface area contributed by atoms with E-state index >= 15 is 0 Å². The van der Waals surface area contributed by atoms with Crippen molar-refractivity contribution in [2.45, 2.75) is 124 Å². The summed E-state index contributed by atoms with van der Waals surface area (Å²) in [6, 6.07) is 101. The molecule has 1 aliphatic rings. The molecule has 10 aromatic carbocycles. The van der Waals surface area contributed by atoms with Gasteiger partial charge in [0.15, 0.2) is 35.9 Å². The van der Waals surface area contributed by atoms with Crippen LogP contribution in [0.2, 0.25) is 0 Å². The third-order valence-corrected chi connectivity index (χ3v) is 18.2. The Hall–Kier alpha value is -11.3. The molecule has 5 aromatic heterocycles. The molecule has 0 fully saturated rings. The third-order valence-electron chi connectivity index (χ3n) is 18.2. The number of aliphatic hydroxyl groups excluding tert-OH is 4. The van der Waals surface area contributed by atoms with Gasteiger partial charge in [-0.3, -0.25) is 39.1 Å². The fourth-order valence-corrected chi connectivity index (χ4v) is 12.7. The number of hydrogen-bond acceptors (Lipinski definition) is 12.